The molecule has 22 heavy (non-hydrogen) atoms. The average Bonchev–Trinajstić information content (AvgIpc) is 3.02. The zero-order chi connectivity index (χ0) is 15.5. The number of piperidine rings is 1. The van der Waals surface area contributed by atoms with Gasteiger partial charge in [-0.2, -0.15) is 0 Å². The minimum atomic E-state index is -0.119. The highest BCUT2D eigenvalue weighted by Crippen LogP contribution is 2.24. The van der Waals surface area contributed by atoms with Crippen molar-refractivity contribution < 1.29 is 14.3 Å². The van der Waals surface area contributed by atoms with Crippen LogP contribution in [-0.4, -0.2) is 55.0 Å². The highest BCUT2D eigenvalue weighted by Gasteiger charge is 2.28. The molecule has 0 bridgehead atoms. The number of ether oxygens (including phenoxy) is 1. The van der Waals surface area contributed by atoms with E-state index >= 15 is 0 Å². The summed E-state index contributed by atoms with van der Waals surface area (Å²) < 4.78 is 4.80. The fraction of sp³-hybridized carbons (Fsp3) is 0.625. The van der Waals surface area contributed by atoms with Crippen molar-refractivity contribution in [3.8, 4) is 0 Å². The van der Waals surface area contributed by atoms with E-state index in [1.807, 2.05) is 4.90 Å². The van der Waals surface area contributed by atoms with E-state index in [-0.39, 0.29) is 17.8 Å². The SMILES string of the molecule is COC(=O)C1CCN(CC(=O)N2CCc3sccc3C2)CC1. The number of nitrogens with zero attached hydrogens (tertiary/aromatic N) is 2. The van der Waals surface area contributed by atoms with Crippen LogP contribution < -0.4 is 0 Å². The largest absolute Gasteiger partial charge is 0.469 e. The fourth-order valence-corrected chi connectivity index (χ4v) is 4.14. The van der Waals surface area contributed by atoms with Gasteiger partial charge in [0.1, 0.15) is 0 Å². The second-order valence-electron chi connectivity index (χ2n) is 6.01. The summed E-state index contributed by atoms with van der Waals surface area (Å²) in [6.07, 6.45) is 2.55. The lowest BCUT2D eigenvalue weighted by molar-refractivity contribution is -0.147. The van der Waals surface area contributed by atoms with Crippen molar-refractivity contribution in [2.75, 3.05) is 33.3 Å². The predicted octanol–water partition coefficient (Wildman–Crippen LogP) is 1.52. The van der Waals surface area contributed by atoms with Crippen LogP contribution in [0.4, 0.5) is 0 Å². The van der Waals surface area contributed by atoms with Gasteiger partial charge in [-0.3, -0.25) is 14.5 Å². The zero-order valence-electron chi connectivity index (χ0n) is 12.9. The van der Waals surface area contributed by atoms with Gasteiger partial charge in [-0.25, -0.2) is 0 Å². The highest BCUT2D eigenvalue weighted by molar-refractivity contribution is 7.10. The Hall–Kier alpha value is -1.40. The fourth-order valence-electron chi connectivity index (χ4n) is 3.25. The normalized spacial score (nSPS) is 19.8. The Morgan fingerprint density at radius 2 is 2.09 bits per heavy atom. The van der Waals surface area contributed by atoms with Crippen LogP contribution in [0.1, 0.15) is 23.3 Å². The zero-order valence-corrected chi connectivity index (χ0v) is 13.7. The summed E-state index contributed by atoms with van der Waals surface area (Å²) in [5.74, 6) is 0.0834. The topological polar surface area (TPSA) is 49.9 Å². The van der Waals surface area contributed by atoms with E-state index in [0.717, 1.165) is 45.4 Å². The van der Waals surface area contributed by atoms with Gasteiger partial charge in [-0.15, -0.1) is 11.3 Å². The maximum atomic E-state index is 12.5. The number of carbonyl (C=O) groups excluding carboxylic acids is 2. The van der Waals surface area contributed by atoms with Crippen molar-refractivity contribution in [1.82, 2.24) is 9.80 Å². The van der Waals surface area contributed by atoms with Crippen LogP contribution in [0.3, 0.4) is 0 Å². The van der Waals surface area contributed by atoms with Crippen LogP contribution >= 0.6 is 11.3 Å². The molecule has 1 aromatic rings. The number of carbonyl (C=O) groups is 2. The van der Waals surface area contributed by atoms with Crippen LogP contribution in [0.25, 0.3) is 0 Å². The molecule has 0 atom stereocenters. The first-order chi connectivity index (χ1) is 10.7. The number of methoxy groups -OCH3 is 1. The first-order valence-corrected chi connectivity index (χ1v) is 8.68. The van der Waals surface area contributed by atoms with E-state index in [1.54, 1.807) is 11.3 Å². The van der Waals surface area contributed by atoms with Crippen molar-refractivity contribution in [3.63, 3.8) is 0 Å². The number of esters is 1. The third-order valence-corrected chi connectivity index (χ3v) is 5.66. The lowest BCUT2D eigenvalue weighted by Gasteiger charge is -2.33. The predicted molar refractivity (Wildman–Crippen MR) is 84.6 cm³/mol. The smallest absolute Gasteiger partial charge is 0.308 e. The van der Waals surface area contributed by atoms with E-state index < -0.39 is 0 Å². The number of likely N-dealkylation sites (tertiary alicyclic amines) is 1. The minimum absolute atomic E-state index is 0.000275. The molecule has 0 radical (unpaired) electrons. The molecule has 6 heteroatoms. The quantitative estimate of drug-likeness (QED) is 0.792. The van der Waals surface area contributed by atoms with Gasteiger partial charge in [-0.1, -0.05) is 0 Å². The number of rotatable bonds is 3. The second kappa shape index (κ2) is 6.79. The summed E-state index contributed by atoms with van der Waals surface area (Å²) in [4.78, 5) is 29.5. The maximum absolute atomic E-state index is 12.5. The van der Waals surface area contributed by atoms with Crippen LogP contribution in [-0.2, 0) is 27.3 Å². The summed E-state index contributed by atoms with van der Waals surface area (Å²) >= 11 is 1.79. The molecule has 2 aliphatic heterocycles. The summed E-state index contributed by atoms with van der Waals surface area (Å²) in [6, 6.07) is 2.13. The molecular weight excluding hydrogens is 300 g/mol. The van der Waals surface area contributed by atoms with Gasteiger partial charge in [0.2, 0.25) is 5.91 Å². The van der Waals surface area contributed by atoms with Crippen molar-refractivity contribution in [2.45, 2.75) is 25.8 Å². The molecular formula is C16H22N2O3S. The molecule has 0 aliphatic carbocycles. The Morgan fingerprint density at radius 1 is 1.32 bits per heavy atom. The summed E-state index contributed by atoms with van der Waals surface area (Å²) in [5.41, 5.74) is 1.30. The third kappa shape index (κ3) is 3.33. The van der Waals surface area contributed by atoms with Crippen molar-refractivity contribution in [3.05, 3.63) is 21.9 Å². The molecule has 3 rings (SSSR count). The van der Waals surface area contributed by atoms with Gasteiger partial charge in [-0.05, 0) is 49.4 Å². The second-order valence-corrected chi connectivity index (χ2v) is 7.01. The van der Waals surface area contributed by atoms with Crippen LogP contribution in [0.2, 0.25) is 0 Å². The van der Waals surface area contributed by atoms with E-state index in [1.165, 1.54) is 17.6 Å². The minimum Gasteiger partial charge on any atom is -0.469 e. The number of amides is 1. The van der Waals surface area contributed by atoms with Gasteiger partial charge in [0.05, 0.1) is 19.6 Å². The number of hydrogen-bond acceptors (Lipinski definition) is 5. The Morgan fingerprint density at radius 3 is 2.82 bits per heavy atom. The summed E-state index contributed by atoms with van der Waals surface area (Å²) in [5, 5.41) is 2.11. The van der Waals surface area contributed by atoms with E-state index in [9.17, 15) is 9.59 Å². The molecule has 5 nitrogen and oxygen atoms in total. The summed E-state index contributed by atoms with van der Waals surface area (Å²) in [7, 11) is 1.44. The van der Waals surface area contributed by atoms with Gasteiger partial charge < -0.3 is 9.64 Å². The van der Waals surface area contributed by atoms with E-state index in [4.69, 9.17) is 4.74 Å². The Balaban J connectivity index is 1.48. The van der Waals surface area contributed by atoms with Crippen molar-refractivity contribution >= 4 is 23.2 Å². The van der Waals surface area contributed by atoms with Gasteiger partial charge in [0, 0.05) is 18.0 Å². The van der Waals surface area contributed by atoms with Crippen molar-refractivity contribution in [2.24, 2.45) is 5.92 Å². The molecule has 1 aromatic heterocycles. The monoisotopic (exact) mass is 322 g/mol. The van der Waals surface area contributed by atoms with Crippen LogP contribution in [0.15, 0.2) is 11.4 Å². The first-order valence-electron chi connectivity index (χ1n) is 7.80. The summed E-state index contributed by atoms with van der Waals surface area (Å²) in [6.45, 7) is 3.63. The Labute approximate surface area is 134 Å². The lowest BCUT2D eigenvalue weighted by Crippen LogP contribution is -2.45. The molecule has 0 spiro atoms. The number of thiophene rings is 1. The molecule has 1 amide bonds. The Bertz CT molecular complexity index is 549. The number of hydrogen-bond donors (Lipinski definition) is 0. The standard InChI is InChI=1S/C16H22N2O3S/c1-21-16(20)12-2-6-17(7-3-12)11-15(19)18-8-4-14-13(10-18)5-9-22-14/h5,9,12H,2-4,6-8,10-11H2,1H3. The molecule has 3 heterocycles. The molecule has 1 saturated heterocycles. The molecule has 0 N–H and O–H groups in total. The third-order valence-electron chi connectivity index (χ3n) is 4.64. The lowest BCUT2D eigenvalue weighted by atomic mass is 9.97. The Kier molecular flexibility index (Phi) is 4.78. The van der Waals surface area contributed by atoms with Crippen LogP contribution in [0, 0.1) is 5.92 Å². The molecule has 120 valence electrons. The molecule has 2 aliphatic rings. The van der Waals surface area contributed by atoms with E-state index in [2.05, 4.69) is 16.3 Å². The van der Waals surface area contributed by atoms with Gasteiger partial charge in [0.15, 0.2) is 0 Å². The highest BCUT2D eigenvalue weighted by atomic mass is 32.1. The molecule has 0 unspecified atom stereocenters. The molecule has 0 saturated carbocycles. The van der Waals surface area contributed by atoms with Crippen molar-refractivity contribution in [1.29, 1.82) is 0 Å². The first kappa shape index (κ1) is 15.5. The van der Waals surface area contributed by atoms with E-state index in [0.29, 0.717) is 6.54 Å². The van der Waals surface area contributed by atoms with Gasteiger partial charge in [0.25, 0.3) is 0 Å². The average molecular weight is 322 g/mol. The molecule has 1 fully saturated rings. The van der Waals surface area contributed by atoms with Gasteiger partial charge >= 0.3 is 5.97 Å². The molecule has 0 aromatic carbocycles. The maximum Gasteiger partial charge on any atom is 0.308 e. The number of fused-ring (bicyclic) bond motifs is 1. The van der Waals surface area contributed by atoms with Crippen LogP contribution in [0.5, 0.6) is 0 Å².